The Kier molecular flexibility index (Phi) is 2.04. The third-order valence-corrected chi connectivity index (χ3v) is 2.21. The average Bonchev–Trinajstić information content (AvgIpc) is 2.59. The quantitative estimate of drug-likeness (QED) is 0.564. The standard InChI is InChI=1S/C8H6N4O4/c1-10-8-5(4-9-10)2-6(11(13)14)3-7(8)12(15)16/h2-4H,1H3. The number of non-ortho nitro benzene ring substituents is 2. The molecule has 1 aromatic carbocycles. The first-order valence-electron chi connectivity index (χ1n) is 4.25. The van der Waals surface area contributed by atoms with Crippen molar-refractivity contribution in [1.29, 1.82) is 0 Å². The molecule has 0 bridgehead atoms. The Balaban J connectivity index is 2.86. The van der Waals surface area contributed by atoms with Crippen LogP contribution in [0.4, 0.5) is 11.4 Å². The number of hydrogen-bond donors (Lipinski definition) is 0. The molecule has 2 rings (SSSR count). The highest BCUT2D eigenvalue weighted by Crippen LogP contribution is 2.30. The number of aromatic nitrogens is 2. The van der Waals surface area contributed by atoms with Gasteiger partial charge in [0.05, 0.1) is 22.1 Å². The Labute approximate surface area is 88.4 Å². The van der Waals surface area contributed by atoms with Gasteiger partial charge in [0.2, 0.25) is 0 Å². The molecular weight excluding hydrogens is 216 g/mol. The van der Waals surface area contributed by atoms with Crippen molar-refractivity contribution in [3.63, 3.8) is 0 Å². The van der Waals surface area contributed by atoms with Crippen molar-refractivity contribution in [1.82, 2.24) is 9.78 Å². The van der Waals surface area contributed by atoms with Crippen molar-refractivity contribution in [2.75, 3.05) is 0 Å². The first kappa shape index (κ1) is 10.0. The maximum absolute atomic E-state index is 10.8. The fourth-order valence-corrected chi connectivity index (χ4v) is 1.53. The zero-order valence-corrected chi connectivity index (χ0v) is 8.15. The SMILES string of the molecule is Cn1ncc2cc([N+](=O)[O-])cc([N+](=O)[O-])c21. The fraction of sp³-hybridized carbons (Fsp3) is 0.125. The van der Waals surface area contributed by atoms with Gasteiger partial charge in [0.1, 0.15) is 5.52 Å². The molecule has 82 valence electrons. The van der Waals surface area contributed by atoms with Gasteiger partial charge in [-0.25, -0.2) is 0 Å². The van der Waals surface area contributed by atoms with Gasteiger partial charge in [-0.3, -0.25) is 24.9 Å². The predicted molar refractivity (Wildman–Crippen MR) is 54.0 cm³/mol. The summed E-state index contributed by atoms with van der Waals surface area (Å²) in [5.74, 6) is 0. The van der Waals surface area contributed by atoms with Crippen molar-refractivity contribution in [2.24, 2.45) is 7.05 Å². The average molecular weight is 222 g/mol. The third kappa shape index (κ3) is 1.36. The van der Waals surface area contributed by atoms with Crippen LogP contribution in [-0.2, 0) is 7.05 Å². The number of aryl methyl sites for hydroxylation is 1. The first-order chi connectivity index (χ1) is 7.50. The Morgan fingerprint density at radius 1 is 1.25 bits per heavy atom. The van der Waals surface area contributed by atoms with Crippen molar-refractivity contribution in [3.05, 3.63) is 38.6 Å². The molecule has 1 heterocycles. The number of nitro groups is 2. The number of nitrogens with zero attached hydrogens (tertiary/aromatic N) is 4. The molecule has 16 heavy (non-hydrogen) atoms. The third-order valence-electron chi connectivity index (χ3n) is 2.21. The summed E-state index contributed by atoms with van der Waals surface area (Å²) in [5.41, 5.74) is -0.355. The molecule has 0 unspecified atom stereocenters. The molecule has 0 aliphatic heterocycles. The van der Waals surface area contributed by atoms with E-state index in [2.05, 4.69) is 5.10 Å². The number of nitro benzene ring substituents is 2. The predicted octanol–water partition coefficient (Wildman–Crippen LogP) is 1.39. The lowest BCUT2D eigenvalue weighted by atomic mass is 10.2. The molecule has 0 saturated carbocycles. The molecule has 0 fully saturated rings. The lowest BCUT2D eigenvalue weighted by Crippen LogP contribution is -1.97. The van der Waals surface area contributed by atoms with E-state index in [0.717, 1.165) is 6.07 Å². The Morgan fingerprint density at radius 3 is 2.50 bits per heavy atom. The topological polar surface area (TPSA) is 104 Å². The van der Waals surface area contributed by atoms with Gasteiger partial charge in [-0.15, -0.1) is 0 Å². The molecule has 0 spiro atoms. The van der Waals surface area contributed by atoms with Gasteiger partial charge < -0.3 is 0 Å². The number of rotatable bonds is 2. The molecule has 0 saturated heterocycles. The van der Waals surface area contributed by atoms with Crippen LogP contribution in [0.2, 0.25) is 0 Å². The van der Waals surface area contributed by atoms with E-state index < -0.39 is 9.85 Å². The summed E-state index contributed by atoms with van der Waals surface area (Å²) in [6, 6.07) is 2.19. The summed E-state index contributed by atoms with van der Waals surface area (Å²) in [6.07, 6.45) is 1.36. The summed E-state index contributed by atoms with van der Waals surface area (Å²) in [6.45, 7) is 0. The van der Waals surface area contributed by atoms with Gasteiger partial charge in [0.25, 0.3) is 5.69 Å². The largest absolute Gasteiger partial charge is 0.301 e. The molecule has 0 atom stereocenters. The van der Waals surface area contributed by atoms with Crippen LogP contribution in [0.3, 0.4) is 0 Å². The zero-order chi connectivity index (χ0) is 11.9. The van der Waals surface area contributed by atoms with Crippen LogP contribution in [-0.4, -0.2) is 19.6 Å². The minimum atomic E-state index is -0.667. The second-order valence-electron chi connectivity index (χ2n) is 3.19. The van der Waals surface area contributed by atoms with Crippen LogP contribution < -0.4 is 0 Å². The molecule has 0 aliphatic carbocycles. The number of hydrogen-bond acceptors (Lipinski definition) is 5. The van der Waals surface area contributed by atoms with Crippen LogP contribution in [0, 0.1) is 20.2 Å². The van der Waals surface area contributed by atoms with Gasteiger partial charge >= 0.3 is 5.69 Å². The maximum Gasteiger partial charge on any atom is 0.301 e. The number of benzene rings is 1. The van der Waals surface area contributed by atoms with Gasteiger partial charge in [0.15, 0.2) is 0 Å². The van der Waals surface area contributed by atoms with Crippen LogP contribution in [0.1, 0.15) is 0 Å². The van der Waals surface area contributed by atoms with Crippen LogP contribution in [0.15, 0.2) is 18.3 Å². The molecule has 2 aromatic rings. The van der Waals surface area contributed by atoms with E-state index in [1.54, 1.807) is 7.05 Å². The lowest BCUT2D eigenvalue weighted by molar-refractivity contribution is -0.393. The zero-order valence-electron chi connectivity index (χ0n) is 8.15. The van der Waals surface area contributed by atoms with E-state index in [-0.39, 0.29) is 16.9 Å². The molecule has 8 heteroatoms. The smallest absolute Gasteiger partial charge is 0.261 e. The summed E-state index contributed by atoms with van der Waals surface area (Å²) in [7, 11) is 1.54. The van der Waals surface area contributed by atoms with Crippen LogP contribution >= 0.6 is 0 Å². The fourth-order valence-electron chi connectivity index (χ4n) is 1.53. The van der Waals surface area contributed by atoms with E-state index in [0.29, 0.717) is 5.39 Å². The molecule has 0 radical (unpaired) electrons. The summed E-state index contributed by atoms with van der Waals surface area (Å²) < 4.78 is 1.32. The molecule has 0 amide bonds. The Hall–Kier alpha value is -2.51. The maximum atomic E-state index is 10.8. The minimum Gasteiger partial charge on any atom is -0.261 e. The highest BCUT2D eigenvalue weighted by molar-refractivity contribution is 5.89. The van der Waals surface area contributed by atoms with E-state index in [4.69, 9.17) is 0 Å². The lowest BCUT2D eigenvalue weighted by Gasteiger charge is -1.97. The minimum absolute atomic E-state index is 0.274. The van der Waals surface area contributed by atoms with Crippen molar-refractivity contribution in [3.8, 4) is 0 Å². The van der Waals surface area contributed by atoms with Gasteiger partial charge in [-0.05, 0) is 0 Å². The summed E-state index contributed by atoms with van der Waals surface area (Å²) in [4.78, 5) is 20.0. The summed E-state index contributed by atoms with van der Waals surface area (Å²) >= 11 is 0. The highest BCUT2D eigenvalue weighted by atomic mass is 16.6. The van der Waals surface area contributed by atoms with Crippen molar-refractivity contribution in [2.45, 2.75) is 0 Å². The van der Waals surface area contributed by atoms with Gasteiger partial charge in [-0.1, -0.05) is 0 Å². The van der Waals surface area contributed by atoms with E-state index >= 15 is 0 Å². The highest BCUT2D eigenvalue weighted by Gasteiger charge is 2.21. The van der Waals surface area contributed by atoms with Crippen LogP contribution in [0.25, 0.3) is 10.9 Å². The van der Waals surface area contributed by atoms with Crippen LogP contribution in [0.5, 0.6) is 0 Å². The molecular formula is C8H6N4O4. The number of fused-ring (bicyclic) bond motifs is 1. The molecule has 1 aromatic heterocycles. The Bertz CT molecular complexity index is 603. The molecule has 8 nitrogen and oxygen atoms in total. The van der Waals surface area contributed by atoms with Crippen molar-refractivity contribution >= 4 is 22.3 Å². The van der Waals surface area contributed by atoms with Gasteiger partial charge in [-0.2, -0.15) is 5.10 Å². The molecule has 0 aliphatic rings. The normalized spacial score (nSPS) is 10.6. The van der Waals surface area contributed by atoms with E-state index in [1.807, 2.05) is 0 Å². The van der Waals surface area contributed by atoms with E-state index in [9.17, 15) is 20.2 Å². The molecule has 0 N–H and O–H groups in total. The Morgan fingerprint density at radius 2 is 1.94 bits per heavy atom. The van der Waals surface area contributed by atoms with Crippen molar-refractivity contribution < 1.29 is 9.85 Å². The first-order valence-corrected chi connectivity index (χ1v) is 4.25. The second kappa shape index (κ2) is 3.26. The van der Waals surface area contributed by atoms with E-state index in [1.165, 1.54) is 16.9 Å². The monoisotopic (exact) mass is 222 g/mol. The second-order valence-corrected chi connectivity index (χ2v) is 3.19. The van der Waals surface area contributed by atoms with Gasteiger partial charge in [0, 0.05) is 18.5 Å². The summed E-state index contributed by atoms with van der Waals surface area (Å²) in [5, 5.41) is 25.6.